The Kier molecular flexibility index (Phi) is 4.39. The SMILES string of the molecule is COc1ccc(N(C)c2cc(F)c([N+](=O)[O-])cc2[N+](=O)[O-])cc1. The first kappa shape index (κ1) is 16.1. The number of methoxy groups -OCH3 is 1. The van der Waals surface area contributed by atoms with Crippen molar-refractivity contribution >= 4 is 22.7 Å². The maximum absolute atomic E-state index is 13.8. The third-order valence-electron chi connectivity index (χ3n) is 3.26. The Bertz CT molecular complexity index is 764. The maximum atomic E-state index is 13.8. The largest absolute Gasteiger partial charge is 0.497 e. The van der Waals surface area contributed by atoms with Crippen LogP contribution in [0.2, 0.25) is 0 Å². The van der Waals surface area contributed by atoms with Crippen molar-refractivity contribution in [3.8, 4) is 5.75 Å². The minimum Gasteiger partial charge on any atom is -0.497 e. The van der Waals surface area contributed by atoms with E-state index in [1.807, 2.05) is 0 Å². The van der Waals surface area contributed by atoms with E-state index in [-0.39, 0.29) is 5.69 Å². The lowest BCUT2D eigenvalue weighted by molar-refractivity contribution is -0.395. The zero-order chi connectivity index (χ0) is 17.1. The number of ether oxygens (including phenoxy) is 1. The van der Waals surface area contributed by atoms with E-state index in [4.69, 9.17) is 4.74 Å². The van der Waals surface area contributed by atoms with Crippen LogP contribution in [0.5, 0.6) is 5.75 Å². The first-order valence-corrected chi connectivity index (χ1v) is 6.35. The minimum atomic E-state index is -1.14. The van der Waals surface area contributed by atoms with Gasteiger partial charge in [0, 0.05) is 18.8 Å². The number of hydrogen-bond acceptors (Lipinski definition) is 6. The Morgan fingerprint density at radius 3 is 2.09 bits per heavy atom. The second kappa shape index (κ2) is 6.26. The van der Waals surface area contributed by atoms with E-state index in [0.717, 1.165) is 6.07 Å². The van der Waals surface area contributed by atoms with Gasteiger partial charge < -0.3 is 9.64 Å². The molecular formula is C14H12FN3O5. The van der Waals surface area contributed by atoms with E-state index in [9.17, 15) is 24.6 Å². The first-order chi connectivity index (χ1) is 10.8. The van der Waals surface area contributed by atoms with Crippen molar-refractivity contribution in [2.45, 2.75) is 0 Å². The molecule has 0 unspecified atom stereocenters. The van der Waals surface area contributed by atoms with Crippen LogP contribution in [0.25, 0.3) is 0 Å². The highest BCUT2D eigenvalue weighted by Crippen LogP contribution is 2.37. The van der Waals surface area contributed by atoms with Crippen LogP contribution in [0, 0.1) is 26.0 Å². The molecular weight excluding hydrogens is 309 g/mol. The van der Waals surface area contributed by atoms with E-state index in [0.29, 0.717) is 17.5 Å². The van der Waals surface area contributed by atoms with Gasteiger partial charge in [0.15, 0.2) is 0 Å². The number of nitro benzene ring substituents is 2. The summed E-state index contributed by atoms with van der Waals surface area (Å²) in [4.78, 5) is 21.5. The van der Waals surface area contributed by atoms with Gasteiger partial charge in [0.2, 0.25) is 5.82 Å². The van der Waals surface area contributed by atoms with Crippen LogP contribution in [-0.2, 0) is 0 Å². The molecule has 2 rings (SSSR count). The number of benzene rings is 2. The van der Waals surface area contributed by atoms with Gasteiger partial charge in [-0.25, -0.2) is 0 Å². The third-order valence-corrected chi connectivity index (χ3v) is 3.26. The monoisotopic (exact) mass is 321 g/mol. The number of halogens is 1. The van der Waals surface area contributed by atoms with E-state index in [2.05, 4.69) is 0 Å². The first-order valence-electron chi connectivity index (χ1n) is 6.35. The maximum Gasteiger partial charge on any atom is 0.311 e. The lowest BCUT2D eigenvalue weighted by atomic mass is 10.2. The van der Waals surface area contributed by atoms with Gasteiger partial charge in [0.05, 0.1) is 23.0 Å². The second-order valence-electron chi connectivity index (χ2n) is 4.56. The summed E-state index contributed by atoms with van der Waals surface area (Å²) in [6, 6.07) is 7.92. The van der Waals surface area contributed by atoms with Crippen molar-refractivity contribution in [2.24, 2.45) is 0 Å². The summed E-state index contributed by atoms with van der Waals surface area (Å²) in [5, 5.41) is 21.9. The molecule has 0 aliphatic carbocycles. The Morgan fingerprint density at radius 1 is 1.04 bits per heavy atom. The molecule has 0 spiro atoms. The van der Waals surface area contributed by atoms with E-state index in [1.165, 1.54) is 19.1 Å². The van der Waals surface area contributed by atoms with E-state index in [1.54, 1.807) is 24.3 Å². The molecule has 8 nitrogen and oxygen atoms in total. The topological polar surface area (TPSA) is 98.8 Å². The fraction of sp³-hybridized carbons (Fsp3) is 0.143. The zero-order valence-electron chi connectivity index (χ0n) is 12.2. The highest BCUT2D eigenvalue weighted by molar-refractivity contribution is 5.74. The fourth-order valence-electron chi connectivity index (χ4n) is 2.04. The van der Waals surface area contributed by atoms with Crippen molar-refractivity contribution in [2.75, 3.05) is 19.1 Å². The number of rotatable bonds is 5. The Balaban J connectivity index is 2.53. The van der Waals surface area contributed by atoms with Crippen LogP contribution in [0.15, 0.2) is 36.4 Å². The van der Waals surface area contributed by atoms with Crippen molar-refractivity contribution in [3.63, 3.8) is 0 Å². The van der Waals surface area contributed by atoms with E-state index < -0.39 is 27.0 Å². The summed E-state index contributed by atoms with van der Waals surface area (Å²) in [5.74, 6) is -0.553. The molecule has 0 aliphatic rings. The highest BCUT2D eigenvalue weighted by atomic mass is 19.1. The molecule has 0 radical (unpaired) electrons. The van der Waals surface area contributed by atoms with Crippen LogP contribution in [-0.4, -0.2) is 24.0 Å². The van der Waals surface area contributed by atoms with E-state index >= 15 is 0 Å². The quantitative estimate of drug-likeness (QED) is 0.618. The molecule has 2 aromatic carbocycles. The molecule has 0 saturated heterocycles. The van der Waals surface area contributed by atoms with Crippen LogP contribution in [0.3, 0.4) is 0 Å². The molecule has 23 heavy (non-hydrogen) atoms. The van der Waals surface area contributed by atoms with Gasteiger partial charge in [0.1, 0.15) is 11.4 Å². The molecule has 0 N–H and O–H groups in total. The summed E-state index contributed by atoms with van der Waals surface area (Å²) < 4.78 is 18.8. The van der Waals surface area contributed by atoms with Crippen molar-refractivity contribution in [1.29, 1.82) is 0 Å². The average molecular weight is 321 g/mol. The molecule has 0 bridgehead atoms. The molecule has 120 valence electrons. The number of nitrogens with zero attached hydrogens (tertiary/aromatic N) is 3. The van der Waals surface area contributed by atoms with Crippen LogP contribution in [0.1, 0.15) is 0 Å². The van der Waals surface area contributed by atoms with Gasteiger partial charge in [-0.1, -0.05) is 0 Å². The molecule has 0 fully saturated rings. The molecule has 0 saturated carbocycles. The molecule has 2 aromatic rings. The average Bonchev–Trinajstić information content (AvgIpc) is 2.53. The van der Waals surface area contributed by atoms with Crippen molar-refractivity contribution < 1.29 is 19.0 Å². The summed E-state index contributed by atoms with van der Waals surface area (Å²) >= 11 is 0. The van der Waals surface area contributed by atoms with Gasteiger partial charge in [-0.15, -0.1) is 0 Å². The van der Waals surface area contributed by atoms with Crippen LogP contribution >= 0.6 is 0 Å². The molecule has 0 amide bonds. The smallest absolute Gasteiger partial charge is 0.311 e. The van der Waals surface area contributed by atoms with Gasteiger partial charge in [-0.2, -0.15) is 4.39 Å². The summed E-state index contributed by atoms with van der Waals surface area (Å²) in [6.45, 7) is 0. The molecule has 0 aliphatic heterocycles. The van der Waals surface area contributed by atoms with Gasteiger partial charge in [-0.05, 0) is 24.3 Å². The Morgan fingerprint density at radius 2 is 1.61 bits per heavy atom. The molecule has 9 heteroatoms. The van der Waals surface area contributed by atoms with Crippen molar-refractivity contribution in [1.82, 2.24) is 0 Å². The number of nitro groups is 2. The molecule has 0 heterocycles. The lowest BCUT2D eigenvalue weighted by Gasteiger charge is -2.19. The normalized spacial score (nSPS) is 10.2. The minimum absolute atomic E-state index is 0.0942. The Labute approximate surface area is 130 Å². The molecule has 0 aromatic heterocycles. The number of anilines is 2. The predicted octanol–water partition coefficient (Wildman–Crippen LogP) is 3.42. The van der Waals surface area contributed by atoms with Crippen LogP contribution < -0.4 is 9.64 Å². The van der Waals surface area contributed by atoms with Gasteiger partial charge in [-0.3, -0.25) is 20.2 Å². The Hall–Kier alpha value is -3.23. The second-order valence-corrected chi connectivity index (χ2v) is 4.56. The third kappa shape index (κ3) is 3.18. The van der Waals surface area contributed by atoms with Crippen molar-refractivity contribution in [3.05, 3.63) is 62.4 Å². The standard InChI is InChI=1S/C14H12FN3O5/c1-16(9-3-5-10(23-2)6-4-9)13-7-11(15)12(17(19)20)8-14(13)18(21)22/h3-8H,1-2H3. The fourth-order valence-corrected chi connectivity index (χ4v) is 2.04. The van der Waals surface area contributed by atoms with Gasteiger partial charge in [0.25, 0.3) is 5.69 Å². The summed E-state index contributed by atoms with van der Waals surface area (Å²) in [7, 11) is 2.99. The van der Waals surface area contributed by atoms with Crippen LogP contribution in [0.4, 0.5) is 27.1 Å². The molecule has 0 atom stereocenters. The number of hydrogen-bond donors (Lipinski definition) is 0. The highest BCUT2D eigenvalue weighted by Gasteiger charge is 2.27. The zero-order valence-corrected chi connectivity index (χ0v) is 12.2. The lowest BCUT2D eigenvalue weighted by Crippen LogP contribution is -2.12. The predicted molar refractivity (Wildman–Crippen MR) is 80.8 cm³/mol. The van der Waals surface area contributed by atoms with Gasteiger partial charge >= 0.3 is 5.69 Å². The summed E-state index contributed by atoms with van der Waals surface area (Å²) in [6.07, 6.45) is 0. The summed E-state index contributed by atoms with van der Waals surface area (Å²) in [5.41, 5.74) is -1.06.